The van der Waals surface area contributed by atoms with Crippen LogP contribution in [0.1, 0.15) is 74.1 Å². The molecule has 1 fully saturated rings. The smallest absolute Gasteiger partial charge is 0.338 e. The highest BCUT2D eigenvalue weighted by atomic mass is 16.5. The van der Waals surface area contributed by atoms with E-state index in [4.69, 9.17) is 9.47 Å². The van der Waals surface area contributed by atoms with Crippen molar-refractivity contribution in [2.75, 3.05) is 36.0 Å². The summed E-state index contributed by atoms with van der Waals surface area (Å²) in [5.74, 6) is -0.520. The van der Waals surface area contributed by atoms with Gasteiger partial charge in [-0.3, -0.25) is 0 Å². The van der Waals surface area contributed by atoms with E-state index < -0.39 is 0 Å². The minimum atomic E-state index is -0.260. The third-order valence-electron chi connectivity index (χ3n) is 6.22. The van der Waals surface area contributed by atoms with Gasteiger partial charge in [-0.2, -0.15) is 0 Å². The number of anilines is 2. The molecule has 0 saturated carbocycles. The molecule has 1 saturated heterocycles. The van der Waals surface area contributed by atoms with Crippen molar-refractivity contribution in [2.45, 2.75) is 65.6 Å². The number of piperazine rings is 1. The standard InChI is InChI=1S/C28H38N2O4/c1-5-7-21(3)33-27(31)23-9-13-25(14-10-23)29-17-19-30(20-18-29)26-15-11-24(12-16-26)28(32)34-22(4)8-6-2/h9-16,21-22H,5-8,17-20H2,1-4H3/t21-,22?/m0/s1. The lowest BCUT2D eigenvalue weighted by molar-refractivity contribution is 0.0313. The van der Waals surface area contributed by atoms with Crippen LogP contribution in [0, 0.1) is 0 Å². The number of hydrogen-bond donors (Lipinski definition) is 0. The Balaban J connectivity index is 1.51. The summed E-state index contributed by atoms with van der Waals surface area (Å²) in [5, 5.41) is 0. The van der Waals surface area contributed by atoms with Gasteiger partial charge in [-0.05, 0) is 75.2 Å². The first-order valence-electron chi connectivity index (χ1n) is 12.5. The highest BCUT2D eigenvalue weighted by Gasteiger charge is 2.19. The number of nitrogens with zero attached hydrogens (tertiary/aromatic N) is 2. The fourth-order valence-corrected chi connectivity index (χ4v) is 4.27. The number of carbonyl (C=O) groups is 2. The summed E-state index contributed by atoms with van der Waals surface area (Å²) in [7, 11) is 0. The highest BCUT2D eigenvalue weighted by Crippen LogP contribution is 2.22. The van der Waals surface area contributed by atoms with Gasteiger partial charge >= 0.3 is 11.9 Å². The average Bonchev–Trinajstić information content (AvgIpc) is 2.84. The van der Waals surface area contributed by atoms with Crippen LogP contribution in [0.4, 0.5) is 11.4 Å². The summed E-state index contributed by atoms with van der Waals surface area (Å²) in [4.78, 5) is 29.2. The molecule has 184 valence electrons. The van der Waals surface area contributed by atoms with Crippen molar-refractivity contribution in [1.82, 2.24) is 0 Å². The molecule has 2 aromatic rings. The van der Waals surface area contributed by atoms with Crippen molar-refractivity contribution in [3.05, 3.63) is 59.7 Å². The van der Waals surface area contributed by atoms with Crippen LogP contribution in [0.25, 0.3) is 0 Å². The van der Waals surface area contributed by atoms with Crippen LogP contribution in [0.2, 0.25) is 0 Å². The second-order valence-electron chi connectivity index (χ2n) is 9.08. The van der Waals surface area contributed by atoms with Gasteiger partial charge in [0, 0.05) is 37.6 Å². The maximum Gasteiger partial charge on any atom is 0.338 e. The van der Waals surface area contributed by atoms with Crippen molar-refractivity contribution in [3.63, 3.8) is 0 Å². The predicted molar refractivity (Wildman–Crippen MR) is 137 cm³/mol. The first-order valence-corrected chi connectivity index (χ1v) is 12.5. The molecule has 0 aliphatic carbocycles. The zero-order valence-corrected chi connectivity index (χ0v) is 21.0. The van der Waals surface area contributed by atoms with Crippen LogP contribution in [-0.2, 0) is 9.47 Å². The third kappa shape index (κ3) is 6.99. The maximum absolute atomic E-state index is 12.3. The molecular weight excluding hydrogens is 428 g/mol. The van der Waals surface area contributed by atoms with Gasteiger partial charge in [0.25, 0.3) is 0 Å². The summed E-state index contributed by atoms with van der Waals surface area (Å²) in [6, 6.07) is 15.4. The number of benzene rings is 2. The Morgan fingerprint density at radius 3 is 1.29 bits per heavy atom. The molecule has 1 aliphatic rings. The molecule has 0 N–H and O–H groups in total. The Kier molecular flexibility index (Phi) is 9.37. The molecule has 6 heteroatoms. The number of hydrogen-bond acceptors (Lipinski definition) is 6. The van der Waals surface area contributed by atoms with Crippen LogP contribution in [0.5, 0.6) is 0 Å². The van der Waals surface area contributed by atoms with Crippen LogP contribution >= 0.6 is 0 Å². The molecule has 3 rings (SSSR count). The van der Waals surface area contributed by atoms with Gasteiger partial charge in [0.1, 0.15) is 0 Å². The SMILES string of the molecule is CCCC(C)OC(=O)c1ccc(N2CCN(c3ccc(C(=O)O[C@@H](C)CCC)cc3)CC2)cc1. The zero-order valence-electron chi connectivity index (χ0n) is 21.0. The fourth-order valence-electron chi connectivity index (χ4n) is 4.27. The van der Waals surface area contributed by atoms with Gasteiger partial charge in [-0.15, -0.1) is 0 Å². The lowest BCUT2D eigenvalue weighted by atomic mass is 10.1. The topological polar surface area (TPSA) is 59.1 Å². The number of esters is 2. The first kappa shape index (κ1) is 25.6. The Morgan fingerprint density at radius 1 is 0.676 bits per heavy atom. The van der Waals surface area contributed by atoms with E-state index in [-0.39, 0.29) is 24.1 Å². The summed E-state index contributed by atoms with van der Waals surface area (Å²) in [6.45, 7) is 11.6. The van der Waals surface area contributed by atoms with Crippen LogP contribution in [-0.4, -0.2) is 50.3 Å². The Bertz CT molecular complexity index is 841. The summed E-state index contributed by atoms with van der Waals surface area (Å²) < 4.78 is 11.0. The molecule has 0 spiro atoms. The van der Waals surface area contributed by atoms with E-state index in [2.05, 4.69) is 23.6 Å². The van der Waals surface area contributed by atoms with Crippen molar-refractivity contribution >= 4 is 23.3 Å². The Morgan fingerprint density at radius 2 is 1.00 bits per heavy atom. The summed E-state index contributed by atoms with van der Waals surface area (Å²) in [6.07, 6.45) is 3.62. The van der Waals surface area contributed by atoms with E-state index in [0.717, 1.165) is 63.2 Å². The van der Waals surface area contributed by atoms with E-state index in [9.17, 15) is 9.59 Å². The molecular formula is C28H38N2O4. The molecule has 0 aromatic heterocycles. The molecule has 1 aliphatic heterocycles. The summed E-state index contributed by atoms with van der Waals surface area (Å²) in [5.41, 5.74) is 3.40. The van der Waals surface area contributed by atoms with Gasteiger partial charge < -0.3 is 19.3 Å². The van der Waals surface area contributed by atoms with Crippen LogP contribution in [0.15, 0.2) is 48.5 Å². The van der Waals surface area contributed by atoms with E-state index in [1.54, 1.807) is 0 Å². The third-order valence-corrected chi connectivity index (χ3v) is 6.22. The normalized spacial score (nSPS) is 15.5. The molecule has 2 atom stereocenters. The van der Waals surface area contributed by atoms with Gasteiger partial charge in [-0.1, -0.05) is 26.7 Å². The molecule has 1 unspecified atom stereocenters. The molecule has 6 nitrogen and oxygen atoms in total. The van der Waals surface area contributed by atoms with Gasteiger partial charge in [-0.25, -0.2) is 9.59 Å². The minimum Gasteiger partial charge on any atom is -0.459 e. The fraction of sp³-hybridized carbons (Fsp3) is 0.500. The van der Waals surface area contributed by atoms with Gasteiger partial charge in [0.05, 0.1) is 23.3 Å². The number of carbonyl (C=O) groups excluding carboxylic acids is 2. The molecule has 0 bridgehead atoms. The summed E-state index contributed by atoms with van der Waals surface area (Å²) >= 11 is 0. The molecule has 2 aromatic carbocycles. The molecule has 0 radical (unpaired) electrons. The first-order chi connectivity index (χ1) is 16.4. The van der Waals surface area contributed by atoms with Crippen molar-refractivity contribution < 1.29 is 19.1 Å². The monoisotopic (exact) mass is 466 g/mol. The second-order valence-corrected chi connectivity index (χ2v) is 9.08. The molecule has 0 amide bonds. The van der Waals surface area contributed by atoms with E-state index in [1.165, 1.54) is 0 Å². The molecule has 34 heavy (non-hydrogen) atoms. The van der Waals surface area contributed by atoms with Crippen LogP contribution < -0.4 is 9.80 Å². The van der Waals surface area contributed by atoms with Crippen molar-refractivity contribution in [3.8, 4) is 0 Å². The van der Waals surface area contributed by atoms with E-state index in [1.807, 2.05) is 62.4 Å². The highest BCUT2D eigenvalue weighted by molar-refractivity contribution is 5.90. The lowest BCUT2D eigenvalue weighted by Crippen LogP contribution is -2.46. The predicted octanol–water partition coefficient (Wildman–Crippen LogP) is 5.70. The molecule has 1 heterocycles. The Hall–Kier alpha value is -3.02. The van der Waals surface area contributed by atoms with Crippen LogP contribution in [0.3, 0.4) is 0 Å². The largest absolute Gasteiger partial charge is 0.459 e. The average molecular weight is 467 g/mol. The second kappa shape index (κ2) is 12.4. The van der Waals surface area contributed by atoms with Gasteiger partial charge in [0.15, 0.2) is 0 Å². The van der Waals surface area contributed by atoms with Crippen molar-refractivity contribution in [2.24, 2.45) is 0 Å². The quantitative estimate of drug-likeness (QED) is 0.419. The number of rotatable bonds is 10. The lowest BCUT2D eigenvalue weighted by Gasteiger charge is -2.37. The number of ether oxygens (including phenoxy) is 2. The van der Waals surface area contributed by atoms with E-state index >= 15 is 0 Å². The van der Waals surface area contributed by atoms with Gasteiger partial charge in [0.2, 0.25) is 0 Å². The minimum absolute atomic E-state index is 0.0606. The van der Waals surface area contributed by atoms with E-state index in [0.29, 0.717) is 11.1 Å². The van der Waals surface area contributed by atoms with Crippen molar-refractivity contribution in [1.29, 1.82) is 0 Å². The Labute approximate surface area is 203 Å². The zero-order chi connectivity index (χ0) is 24.5. The maximum atomic E-state index is 12.3.